The van der Waals surface area contributed by atoms with Crippen molar-refractivity contribution in [1.82, 2.24) is 10.2 Å². The van der Waals surface area contributed by atoms with Crippen molar-refractivity contribution in [2.75, 3.05) is 6.54 Å². The first-order chi connectivity index (χ1) is 10.6. The zero-order valence-electron chi connectivity index (χ0n) is 12.9. The molecule has 1 saturated carbocycles. The molecule has 1 aliphatic heterocycles. The van der Waals surface area contributed by atoms with Crippen LogP contribution in [0.15, 0.2) is 18.2 Å². The molecule has 5 heteroatoms. The highest BCUT2D eigenvalue weighted by atomic mass is 19.1. The fourth-order valence-electron chi connectivity index (χ4n) is 3.53. The van der Waals surface area contributed by atoms with Crippen molar-refractivity contribution < 1.29 is 14.3 Å². The van der Waals surface area contributed by atoms with E-state index in [0.717, 1.165) is 12.0 Å². The third kappa shape index (κ3) is 2.95. The number of piperidine rings is 1. The first-order valence-corrected chi connectivity index (χ1v) is 8.07. The van der Waals surface area contributed by atoms with Crippen molar-refractivity contribution in [3.63, 3.8) is 0 Å². The number of benzene rings is 1. The molecule has 120 valence electrons. The molecule has 0 bridgehead atoms. The summed E-state index contributed by atoms with van der Waals surface area (Å²) in [6.45, 7) is 2.23. The molecular weight excluding hydrogens is 283 g/mol. The van der Waals surface area contributed by atoms with Crippen LogP contribution in [0.4, 0.5) is 9.18 Å². The van der Waals surface area contributed by atoms with Crippen molar-refractivity contribution in [1.29, 1.82) is 0 Å². The van der Waals surface area contributed by atoms with Crippen LogP contribution in [0.2, 0.25) is 0 Å². The number of carboxylic acid groups (broad SMARTS) is 1. The number of rotatable bonds is 3. The number of amides is 1. The Morgan fingerprint density at radius 2 is 2.09 bits per heavy atom. The molecule has 2 fully saturated rings. The smallest absolute Gasteiger partial charge is 0.407 e. The molecule has 1 aliphatic carbocycles. The highest BCUT2D eigenvalue weighted by molar-refractivity contribution is 5.66. The van der Waals surface area contributed by atoms with Crippen LogP contribution in [-0.2, 0) is 0 Å². The summed E-state index contributed by atoms with van der Waals surface area (Å²) < 4.78 is 13.9. The minimum atomic E-state index is -0.921. The van der Waals surface area contributed by atoms with Gasteiger partial charge in [0.15, 0.2) is 0 Å². The van der Waals surface area contributed by atoms with Crippen LogP contribution in [0.25, 0.3) is 0 Å². The van der Waals surface area contributed by atoms with Gasteiger partial charge in [-0.25, -0.2) is 9.18 Å². The SMILES string of the molecule is Cc1c(F)cccc1[C@H]1C[C@H](NC2CCC2)CCN1C(=O)O. The quantitative estimate of drug-likeness (QED) is 0.899. The Morgan fingerprint density at radius 1 is 1.32 bits per heavy atom. The highest BCUT2D eigenvalue weighted by Gasteiger charge is 2.35. The second kappa shape index (κ2) is 6.24. The van der Waals surface area contributed by atoms with E-state index in [4.69, 9.17) is 0 Å². The van der Waals surface area contributed by atoms with Crippen LogP contribution in [0.5, 0.6) is 0 Å². The molecule has 0 unspecified atom stereocenters. The van der Waals surface area contributed by atoms with E-state index in [2.05, 4.69) is 5.32 Å². The maximum atomic E-state index is 13.9. The summed E-state index contributed by atoms with van der Waals surface area (Å²) in [5.41, 5.74) is 1.35. The Hall–Kier alpha value is -1.62. The number of halogens is 1. The lowest BCUT2D eigenvalue weighted by Gasteiger charge is -2.41. The molecule has 2 aliphatic rings. The minimum absolute atomic E-state index is 0.264. The molecule has 0 spiro atoms. The molecule has 4 nitrogen and oxygen atoms in total. The van der Waals surface area contributed by atoms with Crippen LogP contribution in [0.3, 0.4) is 0 Å². The van der Waals surface area contributed by atoms with Crippen molar-refractivity contribution in [3.05, 3.63) is 35.1 Å². The van der Waals surface area contributed by atoms with Gasteiger partial charge in [0.05, 0.1) is 6.04 Å². The lowest BCUT2D eigenvalue weighted by atomic mass is 9.87. The average Bonchev–Trinajstić information content (AvgIpc) is 2.45. The maximum Gasteiger partial charge on any atom is 0.407 e. The van der Waals surface area contributed by atoms with Crippen molar-refractivity contribution >= 4 is 6.09 Å². The first kappa shape index (κ1) is 15.3. The van der Waals surface area contributed by atoms with Gasteiger partial charge >= 0.3 is 6.09 Å². The van der Waals surface area contributed by atoms with Gasteiger partial charge in [-0.15, -0.1) is 0 Å². The topological polar surface area (TPSA) is 52.6 Å². The Balaban J connectivity index is 1.81. The van der Waals surface area contributed by atoms with E-state index in [1.54, 1.807) is 13.0 Å². The first-order valence-electron chi connectivity index (χ1n) is 8.07. The maximum absolute atomic E-state index is 13.9. The van der Waals surface area contributed by atoms with Crippen LogP contribution < -0.4 is 5.32 Å². The van der Waals surface area contributed by atoms with E-state index in [1.807, 2.05) is 6.07 Å². The van der Waals surface area contributed by atoms with Gasteiger partial charge in [0.2, 0.25) is 0 Å². The van der Waals surface area contributed by atoms with Gasteiger partial charge in [-0.1, -0.05) is 18.6 Å². The summed E-state index contributed by atoms with van der Waals surface area (Å²) in [6, 6.07) is 5.58. The van der Waals surface area contributed by atoms with E-state index in [9.17, 15) is 14.3 Å². The van der Waals surface area contributed by atoms with Gasteiger partial charge in [0.25, 0.3) is 0 Å². The Bertz CT molecular complexity index is 560. The summed E-state index contributed by atoms with van der Waals surface area (Å²) in [6.07, 6.45) is 4.32. The molecule has 0 aromatic heterocycles. The number of hydrogen-bond acceptors (Lipinski definition) is 2. The summed E-state index contributed by atoms with van der Waals surface area (Å²) >= 11 is 0. The monoisotopic (exact) mass is 306 g/mol. The predicted molar refractivity (Wildman–Crippen MR) is 82.4 cm³/mol. The van der Waals surface area contributed by atoms with Gasteiger partial charge in [-0.05, 0) is 49.8 Å². The fraction of sp³-hybridized carbons (Fsp3) is 0.588. The van der Waals surface area contributed by atoms with E-state index < -0.39 is 6.09 Å². The van der Waals surface area contributed by atoms with Gasteiger partial charge in [0.1, 0.15) is 5.82 Å². The molecule has 1 heterocycles. The summed E-state index contributed by atoms with van der Waals surface area (Å²) in [5, 5.41) is 13.1. The normalized spacial score (nSPS) is 25.8. The van der Waals surface area contributed by atoms with Crippen molar-refractivity contribution in [3.8, 4) is 0 Å². The summed E-state index contributed by atoms with van der Waals surface area (Å²) in [5.74, 6) is -0.267. The fourth-order valence-corrected chi connectivity index (χ4v) is 3.53. The minimum Gasteiger partial charge on any atom is -0.465 e. The lowest BCUT2D eigenvalue weighted by Crippen LogP contribution is -2.50. The zero-order chi connectivity index (χ0) is 15.7. The number of nitrogens with zero attached hydrogens (tertiary/aromatic N) is 1. The predicted octanol–water partition coefficient (Wildman–Crippen LogP) is 3.46. The second-order valence-corrected chi connectivity index (χ2v) is 6.46. The summed E-state index contributed by atoms with van der Waals surface area (Å²) in [4.78, 5) is 13.0. The molecule has 22 heavy (non-hydrogen) atoms. The third-order valence-electron chi connectivity index (χ3n) is 5.09. The molecule has 1 aromatic rings. The van der Waals surface area contributed by atoms with E-state index in [1.165, 1.54) is 30.2 Å². The molecule has 0 radical (unpaired) electrons. The van der Waals surface area contributed by atoms with Crippen LogP contribution in [0, 0.1) is 12.7 Å². The molecule has 2 N–H and O–H groups in total. The standard InChI is InChI=1S/C17H23FN2O2/c1-11-14(6-3-7-15(11)18)16-10-13(19-12-4-2-5-12)8-9-20(16)17(21)22/h3,6-7,12-13,16,19H,2,4-5,8-10H2,1H3,(H,21,22)/t13-,16-/m1/s1. The van der Waals surface area contributed by atoms with Gasteiger partial charge in [-0.3, -0.25) is 0 Å². The van der Waals surface area contributed by atoms with E-state index in [-0.39, 0.29) is 11.9 Å². The number of hydrogen-bond donors (Lipinski definition) is 2. The van der Waals surface area contributed by atoms with Crippen LogP contribution in [0.1, 0.15) is 49.3 Å². The number of nitrogens with one attached hydrogen (secondary N) is 1. The Labute approximate surface area is 130 Å². The average molecular weight is 306 g/mol. The highest BCUT2D eigenvalue weighted by Crippen LogP contribution is 2.34. The summed E-state index contributed by atoms with van der Waals surface area (Å²) in [7, 11) is 0. The van der Waals surface area contributed by atoms with Gasteiger partial charge in [-0.2, -0.15) is 0 Å². The lowest BCUT2D eigenvalue weighted by molar-refractivity contribution is 0.0914. The van der Waals surface area contributed by atoms with Gasteiger partial charge in [0, 0.05) is 18.6 Å². The van der Waals surface area contributed by atoms with Crippen molar-refractivity contribution in [2.45, 2.75) is 57.2 Å². The Kier molecular flexibility index (Phi) is 4.34. The van der Waals surface area contributed by atoms with E-state index >= 15 is 0 Å². The van der Waals surface area contributed by atoms with Crippen molar-refractivity contribution in [2.24, 2.45) is 0 Å². The van der Waals surface area contributed by atoms with Crippen LogP contribution >= 0.6 is 0 Å². The molecule has 1 amide bonds. The molecule has 1 aromatic carbocycles. The van der Waals surface area contributed by atoms with Crippen LogP contribution in [-0.4, -0.2) is 34.7 Å². The second-order valence-electron chi connectivity index (χ2n) is 6.46. The zero-order valence-corrected chi connectivity index (χ0v) is 12.9. The molecule has 3 rings (SSSR count). The van der Waals surface area contributed by atoms with Gasteiger partial charge < -0.3 is 15.3 Å². The molecular formula is C17H23FN2O2. The number of carbonyl (C=O) groups is 1. The third-order valence-corrected chi connectivity index (χ3v) is 5.09. The molecule has 1 saturated heterocycles. The number of likely N-dealkylation sites (tertiary alicyclic amines) is 1. The largest absolute Gasteiger partial charge is 0.465 e. The Morgan fingerprint density at radius 3 is 2.73 bits per heavy atom. The van der Waals surface area contributed by atoms with E-state index in [0.29, 0.717) is 30.6 Å². The molecule has 2 atom stereocenters.